The van der Waals surface area contributed by atoms with Crippen LogP contribution >= 0.6 is 11.3 Å². The zero-order chi connectivity index (χ0) is 14.5. The van der Waals surface area contributed by atoms with Gasteiger partial charge >= 0.3 is 4.87 Å². The van der Waals surface area contributed by atoms with Gasteiger partial charge in [0.1, 0.15) is 0 Å². The van der Waals surface area contributed by atoms with Gasteiger partial charge in [0, 0.05) is 32.3 Å². The normalized spacial score (nSPS) is 11.7. The first-order chi connectivity index (χ1) is 8.93. The second kappa shape index (κ2) is 6.81. The molecule has 0 bridgehead atoms. The van der Waals surface area contributed by atoms with E-state index in [9.17, 15) is 13.2 Å². The van der Waals surface area contributed by atoms with E-state index in [1.165, 1.54) is 14.0 Å². The molecule has 19 heavy (non-hydrogen) atoms. The van der Waals surface area contributed by atoms with Crippen molar-refractivity contribution in [3.63, 3.8) is 0 Å². The summed E-state index contributed by atoms with van der Waals surface area (Å²) in [6, 6.07) is 1.90. The Bertz CT molecular complexity index is 611. The number of nitrogens with zero attached hydrogens (tertiary/aromatic N) is 2. The summed E-state index contributed by atoms with van der Waals surface area (Å²) in [5, 5.41) is 8.58. The number of aromatic nitrogens is 1. The molecule has 0 fully saturated rings. The Kier molecular flexibility index (Phi) is 5.68. The van der Waals surface area contributed by atoms with E-state index in [-0.39, 0.29) is 30.3 Å². The SMILES string of the molecule is COCCN(CCC#N)S(=O)(=O)c1sc(=O)[nH]c1C. The largest absolute Gasteiger partial charge is 0.383 e. The summed E-state index contributed by atoms with van der Waals surface area (Å²) >= 11 is 0.652. The number of nitriles is 1. The van der Waals surface area contributed by atoms with Crippen molar-refractivity contribution in [3.8, 4) is 6.07 Å². The summed E-state index contributed by atoms with van der Waals surface area (Å²) in [5.41, 5.74) is 0.314. The summed E-state index contributed by atoms with van der Waals surface area (Å²) in [6.45, 7) is 1.98. The molecule has 7 nitrogen and oxygen atoms in total. The summed E-state index contributed by atoms with van der Waals surface area (Å²) < 4.78 is 30.8. The van der Waals surface area contributed by atoms with E-state index in [0.717, 1.165) is 4.31 Å². The fraction of sp³-hybridized carbons (Fsp3) is 0.600. The van der Waals surface area contributed by atoms with Crippen LogP contribution in [0.4, 0.5) is 0 Å². The second-order valence-electron chi connectivity index (χ2n) is 3.73. The highest BCUT2D eigenvalue weighted by atomic mass is 32.2. The molecule has 9 heteroatoms. The van der Waals surface area contributed by atoms with Crippen molar-refractivity contribution in [2.75, 3.05) is 26.8 Å². The fourth-order valence-corrected chi connectivity index (χ4v) is 4.33. The van der Waals surface area contributed by atoms with Crippen molar-refractivity contribution in [2.24, 2.45) is 0 Å². The van der Waals surface area contributed by atoms with Gasteiger partial charge in [-0.3, -0.25) is 4.79 Å². The molecule has 0 saturated carbocycles. The average Bonchev–Trinajstić information content (AvgIpc) is 2.69. The maximum atomic E-state index is 12.4. The lowest BCUT2D eigenvalue weighted by Gasteiger charge is -2.19. The third kappa shape index (κ3) is 3.87. The molecule has 0 atom stereocenters. The highest BCUT2D eigenvalue weighted by Gasteiger charge is 2.28. The van der Waals surface area contributed by atoms with E-state index < -0.39 is 14.9 Å². The van der Waals surface area contributed by atoms with Gasteiger partial charge in [-0.05, 0) is 6.92 Å². The van der Waals surface area contributed by atoms with E-state index in [1.54, 1.807) is 0 Å². The Hall–Kier alpha value is -1.21. The average molecular weight is 305 g/mol. The van der Waals surface area contributed by atoms with Crippen LogP contribution in [0.15, 0.2) is 9.00 Å². The molecule has 0 spiro atoms. The van der Waals surface area contributed by atoms with Crippen LogP contribution in [0, 0.1) is 18.3 Å². The molecule has 1 rings (SSSR count). The van der Waals surface area contributed by atoms with Gasteiger partial charge in [-0.2, -0.15) is 9.57 Å². The molecule has 0 aliphatic heterocycles. The first-order valence-electron chi connectivity index (χ1n) is 5.49. The summed E-state index contributed by atoms with van der Waals surface area (Å²) in [6.07, 6.45) is 0.0846. The molecule has 106 valence electrons. The molecule has 0 amide bonds. The number of sulfonamides is 1. The van der Waals surface area contributed by atoms with Crippen LogP contribution in [0.1, 0.15) is 12.1 Å². The number of hydrogen-bond donors (Lipinski definition) is 1. The highest BCUT2D eigenvalue weighted by molar-refractivity contribution is 7.91. The minimum atomic E-state index is -3.77. The van der Waals surface area contributed by atoms with Gasteiger partial charge in [-0.25, -0.2) is 8.42 Å². The van der Waals surface area contributed by atoms with Crippen molar-refractivity contribution >= 4 is 21.4 Å². The number of H-pyrrole nitrogens is 1. The Balaban J connectivity index is 3.08. The second-order valence-corrected chi connectivity index (χ2v) is 6.85. The number of methoxy groups -OCH3 is 1. The maximum Gasteiger partial charge on any atom is 0.305 e. The fourth-order valence-electron chi connectivity index (χ4n) is 1.47. The lowest BCUT2D eigenvalue weighted by atomic mass is 10.4. The van der Waals surface area contributed by atoms with Gasteiger partial charge in [-0.15, -0.1) is 0 Å². The minimum absolute atomic E-state index is 0.00783. The third-order valence-electron chi connectivity index (χ3n) is 2.37. The Labute approximate surface area is 115 Å². The van der Waals surface area contributed by atoms with Crippen LogP contribution in [-0.4, -0.2) is 44.5 Å². The van der Waals surface area contributed by atoms with Gasteiger partial charge in [0.2, 0.25) is 0 Å². The number of hydrogen-bond acceptors (Lipinski definition) is 6. The summed E-state index contributed by atoms with van der Waals surface area (Å²) in [7, 11) is -2.30. The quantitative estimate of drug-likeness (QED) is 0.780. The zero-order valence-electron chi connectivity index (χ0n) is 10.7. The van der Waals surface area contributed by atoms with E-state index >= 15 is 0 Å². The molecule has 0 aromatic carbocycles. The predicted molar refractivity (Wildman–Crippen MR) is 70.5 cm³/mol. The molecule has 1 aromatic rings. The van der Waals surface area contributed by atoms with Crippen LogP contribution in [0.25, 0.3) is 0 Å². The monoisotopic (exact) mass is 305 g/mol. The van der Waals surface area contributed by atoms with Crippen LogP contribution in [-0.2, 0) is 14.8 Å². The lowest BCUT2D eigenvalue weighted by molar-refractivity contribution is 0.179. The van der Waals surface area contributed by atoms with Gasteiger partial charge in [0.25, 0.3) is 10.0 Å². The van der Waals surface area contributed by atoms with E-state index in [2.05, 4.69) is 4.98 Å². The number of nitrogens with one attached hydrogen (secondary N) is 1. The van der Waals surface area contributed by atoms with Crippen molar-refractivity contribution in [1.82, 2.24) is 9.29 Å². The molecule has 1 N–H and O–H groups in total. The van der Waals surface area contributed by atoms with E-state index in [1.807, 2.05) is 6.07 Å². The smallest absolute Gasteiger partial charge is 0.305 e. The van der Waals surface area contributed by atoms with Crippen LogP contribution in [0.2, 0.25) is 0 Å². The van der Waals surface area contributed by atoms with Crippen molar-refractivity contribution in [1.29, 1.82) is 5.26 Å². The first-order valence-corrected chi connectivity index (χ1v) is 7.75. The standard InChI is InChI=1S/C10H15N3O4S2/c1-8-9(18-10(14)12-8)19(15,16)13(5-3-4-11)6-7-17-2/h3,5-7H2,1-2H3,(H,12,14). The topological polar surface area (TPSA) is 103 Å². The predicted octanol–water partition coefficient (Wildman–Crippen LogP) is 0.296. The molecule has 0 aliphatic rings. The van der Waals surface area contributed by atoms with Gasteiger partial charge in [-0.1, -0.05) is 11.3 Å². The number of thiazole rings is 1. The molecule has 0 unspecified atom stereocenters. The Morgan fingerprint density at radius 3 is 2.63 bits per heavy atom. The number of aryl methyl sites for hydroxylation is 1. The molecule has 0 radical (unpaired) electrons. The van der Waals surface area contributed by atoms with Crippen molar-refractivity contribution < 1.29 is 13.2 Å². The van der Waals surface area contributed by atoms with Crippen LogP contribution in [0.3, 0.4) is 0 Å². The Morgan fingerprint density at radius 2 is 2.16 bits per heavy atom. The molecule has 0 saturated heterocycles. The van der Waals surface area contributed by atoms with Crippen LogP contribution in [0.5, 0.6) is 0 Å². The number of aromatic amines is 1. The van der Waals surface area contributed by atoms with Crippen molar-refractivity contribution in [2.45, 2.75) is 17.6 Å². The molecular weight excluding hydrogens is 290 g/mol. The Morgan fingerprint density at radius 1 is 1.47 bits per heavy atom. The number of ether oxygens (including phenoxy) is 1. The summed E-state index contributed by atoms with van der Waals surface area (Å²) in [5.74, 6) is 0. The molecule has 1 aromatic heterocycles. The van der Waals surface area contributed by atoms with Gasteiger partial charge < -0.3 is 9.72 Å². The van der Waals surface area contributed by atoms with Crippen molar-refractivity contribution in [3.05, 3.63) is 15.4 Å². The highest BCUT2D eigenvalue weighted by Crippen LogP contribution is 2.21. The molecule has 0 aliphatic carbocycles. The van der Waals surface area contributed by atoms with Crippen LogP contribution < -0.4 is 4.87 Å². The minimum Gasteiger partial charge on any atom is -0.383 e. The van der Waals surface area contributed by atoms with E-state index in [0.29, 0.717) is 17.0 Å². The third-order valence-corrected chi connectivity index (χ3v) is 5.85. The first kappa shape index (κ1) is 15.8. The van der Waals surface area contributed by atoms with Gasteiger partial charge in [0.15, 0.2) is 4.21 Å². The summed E-state index contributed by atoms with van der Waals surface area (Å²) in [4.78, 5) is 13.2. The number of rotatable bonds is 7. The molecular formula is C10H15N3O4S2. The van der Waals surface area contributed by atoms with E-state index in [4.69, 9.17) is 10.00 Å². The molecule has 1 heterocycles. The van der Waals surface area contributed by atoms with Gasteiger partial charge in [0.05, 0.1) is 12.7 Å². The zero-order valence-corrected chi connectivity index (χ0v) is 12.3. The lowest BCUT2D eigenvalue weighted by Crippen LogP contribution is -2.34. The maximum absolute atomic E-state index is 12.4.